The van der Waals surface area contributed by atoms with Crippen LogP contribution in [0.4, 0.5) is 11.4 Å². The molecule has 0 aliphatic carbocycles. The van der Waals surface area contributed by atoms with Crippen LogP contribution in [0.25, 0.3) is 0 Å². The molecule has 0 unspecified atom stereocenters. The van der Waals surface area contributed by atoms with E-state index in [0.29, 0.717) is 30.1 Å². The predicted octanol–water partition coefficient (Wildman–Crippen LogP) is 5.19. The highest BCUT2D eigenvalue weighted by molar-refractivity contribution is 6.06. The SMILES string of the molecule is CCCN(Cc1cc(NC(=O)c2ccccc2OC)ccc1N(C)C)C(=O)C(CC)CC. The van der Waals surface area contributed by atoms with Gasteiger partial charge in [-0.3, -0.25) is 9.59 Å². The van der Waals surface area contributed by atoms with Crippen molar-refractivity contribution in [2.45, 2.75) is 46.6 Å². The maximum absolute atomic E-state index is 13.1. The maximum Gasteiger partial charge on any atom is 0.259 e. The normalized spacial score (nSPS) is 10.7. The van der Waals surface area contributed by atoms with Gasteiger partial charge in [-0.2, -0.15) is 0 Å². The molecule has 32 heavy (non-hydrogen) atoms. The van der Waals surface area contributed by atoms with Gasteiger partial charge in [0.05, 0.1) is 12.7 Å². The molecule has 0 atom stereocenters. The number of ether oxygens (including phenoxy) is 1. The largest absolute Gasteiger partial charge is 0.496 e. The van der Waals surface area contributed by atoms with E-state index in [4.69, 9.17) is 4.74 Å². The summed E-state index contributed by atoms with van der Waals surface area (Å²) in [6.45, 7) is 7.43. The average molecular weight is 440 g/mol. The molecule has 6 nitrogen and oxygen atoms in total. The van der Waals surface area contributed by atoms with Gasteiger partial charge in [-0.05, 0) is 55.2 Å². The second-order valence-electron chi connectivity index (χ2n) is 8.17. The molecule has 174 valence electrons. The molecule has 0 aliphatic heterocycles. The van der Waals surface area contributed by atoms with E-state index in [2.05, 4.69) is 26.1 Å². The van der Waals surface area contributed by atoms with Gasteiger partial charge in [0.1, 0.15) is 5.75 Å². The fourth-order valence-electron chi connectivity index (χ4n) is 3.90. The summed E-state index contributed by atoms with van der Waals surface area (Å²) in [4.78, 5) is 30.0. The van der Waals surface area contributed by atoms with Crippen LogP contribution in [0.5, 0.6) is 5.75 Å². The number of anilines is 2. The predicted molar refractivity (Wildman–Crippen MR) is 131 cm³/mol. The van der Waals surface area contributed by atoms with Gasteiger partial charge in [-0.1, -0.05) is 32.9 Å². The number of nitrogens with zero attached hydrogens (tertiary/aromatic N) is 2. The first kappa shape index (κ1) is 25.2. The second kappa shape index (κ2) is 12.1. The van der Waals surface area contributed by atoms with E-state index in [-0.39, 0.29) is 17.7 Å². The van der Waals surface area contributed by atoms with Gasteiger partial charge in [-0.25, -0.2) is 0 Å². The fourth-order valence-corrected chi connectivity index (χ4v) is 3.90. The summed E-state index contributed by atoms with van der Waals surface area (Å²) in [6.07, 6.45) is 2.57. The Morgan fingerprint density at radius 2 is 1.72 bits per heavy atom. The van der Waals surface area contributed by atoms with E-state index in [1.54, 1.807) is 19.2 Å². The molecule has 0 aliphatic rings. The summed E-state index contributed by atoms with van der Waals surface area (Å²) in [6, 6.07) is 13.0. The second-order valence-corrected chi connectivity index (χ2v) is 8.17. The van der Waals surface area contributed by atoms with Crippen molar-refractivity contribution in [3.63, 3.8) is 0 Å². The zero-order chi connectivity index (χ0) is 23.7. The average Bonchev–Trinajstić information content (AvgIpc) is 2.79. The lowest BCUT2D eigenvalue weighted by Gasteiger charge is -2.28. The number of benzene rings is 2. The Balaban J connectivity index is 2.34. The van der Waals surface area contributed by atoms with Crippen molar-refractivity contribution in [1.82, 2.24) is 4.90 Å². The summed E-state index contributed by atoms with van der Waals surface area (Å²) in [5.41, 5.74) is 3.19. The summed E-state index contributed by atoms with van der Waals surface area (Å²) >= 11 is 0. The third-order valence-electron chi connectivity index (χ3n) is 5.67. The molecule has 1 N–H and O–H groups in total. The summed E-state index contributed by atoms with van der Waals surface area (Å²) in [5, 5.41) is 2.98. The Labute approximate surface area is 192 Å². The lowest BCUT2D eigenvalue weighted by molar-refractivity contribution is -0.136. The molecule has 0 saturated heterocycles. The number of para-hydroxylation sites is 1. The Bertz CT molecular complexity index is 907. The number of carbonyl (C=O) groups is 2. The monoisotopic (exact) mass is 439 g/mol. The van der Waals surface area contributed by atoms with Gasteiger partial charge >= 0.3 is 0 Å². The number of rotatable bonds is 11. The Hall–Kier alpha value is -3.02. The molecular formula is C26H37N3O3. The van der Waals surface area contributed by atoms with E-state index in [1.165, 1.54) is 0 Å². The van der Waals surface area contributed by atoms with Gasteiger partial charge in [0.2, 0.25) is 5.91 Å². The summed E-state index contributed by atoms with van der Waals surface area (Å²) in [5.74, 6) is 0.535. The van der Waals surface area contributed by atoms with Gasteiger partial charge < -0.3 is 19.9 Å². The smallest absolute Gasteiger partial charge is 0.259 e. The van der Waals surface area contributed by atoms with E-state index >= 15 is 0 Å². The molecular weight excluding hydrogens is 402 g/mol. The molecule has 0 fully saturated rings. The van der Waals surface area contributed by atoms with Crippen LogP contribution in [-0.4, -0.2) is 44.5 Å². The molecule has 0 aromatic heterocycles. The molecule has 6 heteroatoms. The minimum Gasteiger partial charge on any atom is -0.496 e. The first-order valence-corrected chi connectivity index (χ1v) is 11.4. The molecule has 0 saturated carbocycles. The number of hydrogen-bond donors (Lipinski definition) is 1. The minimum absolute atomic E-state index is 0.0396. The lowest BCUT2D eigenvalue weighted by Crippen LogP contribution is -2.36. The first-order valence-electron chi connectivity index (χ1n) is 11.4. The van der Waals surface area contributed by atoms with E-state index in [9.17, 15) is 9.59 Å². The van der Waals surface area contributed by atoms with Crippen molar-refractivity contribution >= 4 is 23.2 Å². The van der Waals surface area contributed by atoms with Crippen LogP contribution in [0.2, 0.25) is 0 Å². The highest BCUT2D eigenvalue weighted by atomic mass is 16.5. The lowest BCUT2D eigenvalue weighted by atomic mass is 10.0. The molecule has 2 amide bonds. The topological polar surface area (TPSA) is 61.9 Å². The van der Waals surface area contributed by atoms with Crippen LogP contribution < -0.4 is 15.0 Å². The number of methoxy groups -OCH3 is 1. The van der Waals surface area contributed by atoms with Crippen molar-refractivity contribution in [2.75, 3.05) is 38.0 Å². The summed E-state index contributed by atoms with van der Waals surface area (Å²) in [7, 11) is 5.52. The van der Waals surface area contributed by atoms with Crippen molar-refractivity contribution < 1.29 is 14.3 Å². The highest BCUT2D eigenvalue weighted by Crippen LogP contribution is 2.27. The van der Waals surface area contributed by atoms with Gasteiger partial charge in [-0.15, -0.1) is 0 Å². The van der Waals surface area contributed by atoms with E-state index in [0.717, 1.165) is 30.5 Å². The highest BCUT2D eigenvalue weighted by Gasteiger charge is 2.22. The van der Waals surface area contributed by atoms with Crippen LogP contribution in [-0.2, 0) is 11.3 Å². The van der Waals surface area contributed by atoms with Crippen LogP contribution in [0, 0.1) is 5.92 Å². The standard InChI is InChI=1S/C26H37N3O3/c1-7-16-29(26(31)19(8-2)9-3)18-20-17-21(14-15-23(20)28(4)5)27-25(30)22-12-10-11-13-24(22)32-6/h10-15,17,19H,7-9,16,18H2,1-6H3,(H,27,30). The molecule has 2 aromatic rings. The molecule has 0 bridgehead atoms. The maximum atomic E-state index is 13.1. The quantitative estimate of drug-likeness (QED) is 0.523. The zero-order valence-corrected chi connectivity index (χ0v) is 20.3. The zero-order valence-electron chi connectivity index (χ0n) is 20.3. The van der Waals surface area contributed by atoms with Crippen LogP contribution in [0.3, 0.4) is 0 Å². The van der Waals surface area contributed by atoms with Crippen LogP contribution in [0.1, 0.15) is 56.0 Å². The molecule has 0 heterocycles. The van der Waals surface area contributed by atoms with Crippen molar-refractivity contribution in [1.29, 1.82) is 0 Å². The van der Waals surface area contributed by atoms with Crippen molar-refractivity contribution in [3.8, 4) is 5.75 Å². The van der Waals surface area contributed by atoms with Crippen LogP contribution >= 0.6 is 0 Å². The third kappa shape index (κ3) is 6.25. The van der Waals surface area contributed by atoms with Crippen LogP contribution in [0.15, 0.2) is 42.5 Å². The molecule has 0 radical (unpaired) electrons. The Morgan fingerprint density at radius 1 is 1.03 bits per heavy atom. The fraction of sp³-hybridized carbons (Fsp3) is 0.462. The van der Waals surface area contributed by atoms with Crippen molar-refractivity contribution in [2.24, 2.45) is 5.92 Å². The first-order chi connectivity index (χ1) is 15.4. The summed E-state index contributed by atoms with van der Waals surface area (Å²) < 4.78 is 5.32. The van der Waals surface area contributed by atoms with Gasteiger partial charge in [0, 0.05) is 44.5 Å². The number of carbonyl (C=O) groups excluding carboxylic acids is 2. The van der Waals surface area contributed by atoms with Gasteiger partial charge in [0.15, 0.2) is 0 Å². The Morgan fingerprint density at radius 3 is 2.31 bits per heavy atom. The molecule has 2 rings (SSSR count). The molecule has 0 spiro atoms. The molecule has 2 aromatic carbocycles. The minimum atomic E-state index is -0.232. The van der Waals surface area contributed by atoms with E-state index < -0.39 is 0 Å². The van der Waals surface area contributed by atoms with Gasteiger partial charge in [0.25, 0.3) is 5.91 Å². The third-order valence-corrected chi connectivity index (χ3v) is 5.67. The van der Waals surface area contributed by atoms with E-state index in [1.807, 2.05) is 54.2 Å². The Kier molecular flexibility index (Phi) is 9.57. The van der Waals surface area contributed by atoms with Crippen molar-refractivity contribution in [3.05, 3.63) is 53.6 Å². The number of amides is 2. The number of nitrogens with one attached hydrogen (secondary N) is 1. The number of hydrogen-bond acceptors (Lipinski definition) is 4.